The maximum Gasteiger partial charge on any atom is 0.101 e. The van der Waals surface area contributed by atoms with Gasteiger partial charge in [-0.1, -0.05) is 53.9 Å². The van der Waals surface area contributed by atoms with Crippen molar-refractivity contribution < 1.29 is 10.1 Å². The molecule has 17 heavy (non-hydrogen) atoms. The van der Waals surface area contributed by atoms with Crippen LogP contribution in [0.4, 0.5) is 0 Å². The highest BCUT2D eigenvalue weighted by Crippen LogP contribution is 2.45. The van der Waals surface area contributed by atoms with Crippen LogP contribution in [-0.2, 0) is 4.89 Å². The summed E-state index contributed by atoms with van der Waals surface area (Å²) in [5, 5.41) is 9.25. The molecule has 0 bridgehead atoms. The fourth-order valence-corrected chi connectivity index (χ4v) is 3.42. The second kappa shape index (κ2) is 6.19. The lowest BCUT2D eigenvalue weighted by molar-refractivity contribution is -0.319. The highest BCUT2D eigenvalue weighted by atomic mass is 17.1. The molecule has 0 aromatic carbocycles. The van der Waals surface area contributed by atoms with Crippen molar-refractivity contribution in [2.24, 2.45) is 23.2 Å². The molecular formula is C15H30O2. The van der Waals surface area contributed by atoms with Crippen LogP contribution in [0.2, 0.25) is 0 Å². The topological polar surface area (TPSA) is 29.5 Å². The van der Waals surface area contributed by atoms with Crippen molar-refractivity contribution >= 4 is 0 Å². The zero-order chi connectivity index (χ0) is 13.1. The average Bonchev–Trinajstić information content (AvgIpc) is 2.29. The lowest BCUT2D eigenvalue weighted by Gasteiger charge is -2.44. The molecule has 1 aliphatic rings. The molecule has 2 atom stereocenters. The number of hydrogen-bond acceptors (Lipinski definition) is 2. The van der Waals surface area contributed by atoms with Crippen molar-refractivity contribution in [3.8, 4) is 0 Å². The fraction of sp³-hybridized carbons (Fsp3) is 1.00. The summed E-state index contributed by atoms with van der Waals surface area (Å²) in [4.78, 5) is 4.85. The first-order valence-electron chi connectivity index (χ1n) is 7.23. The third-order valence-corrected chi connectivity index (χ3v) is 5.08. The molecule has 0 spiro atoms. The first-order chi connectivity index (χ1) is 7.93. The molecule has 0 radical (unpaired) electrons. The van der Waals surface area contributed by atoms with E-state index in [4.69, 9.17) is 4.89 Å². The van der Waals surface area contributed by atoms with Crippen LogP contribution in [0.15, 0.2) is 0 Å². The Kier molecular flexibility index (Phi) is 5.46. The Balaban J connectivity index is 2.70. The predicted molar refractivity (Wildman–Crippen MR) is 71.9 cm³/mol. The Labute approximate surface area is 107 Å². The van der Waals surface area contributed by atoms with Gasteiger partial charge in [0.05, 0.1) is 0 Å². The third-order valence-electron chi connectivity index (χ3n) is 5.08. The van der Waals surface area contributed by atoms with E-state index in [2.05, 4.69) is 34.6 Å². The summed E-state index contributed by atoms with van der Waals surface area (Å²) >= 11 is 0. The molecule has 1 saturated carbocycles. The lowest BCUT2D eigenvalue weighted by Crippen LogP contribution is -2.43. The van der Waals surface area contributed by atoms with E-state index in [9.17, 15) is 5.26 Å². The second-order valence-corrected chi connectivity index (χ2v) is 6.69. The molecule has 2 heteroatoms. The molecule has 1 aliphatic carbocycles. The summed E-state index contributed by atoms with van der Waals surface area (Å²) < 4.78 is 0. The van der Waals surface area contributed by atoms with Gasteiger partial charge in [0.1, 0.15) is 6.10 Å². The van der Waals surface area contributed by atoms with Crippen molar-refractivity contribution in [3.05, 3.63) is 0 Å². The van der Waals surface area contributed by atoms with E-state index in [0.29, 0.717) is 11.8 Å². The van der Waals surface area contributed by atoms with Crippen LogP contribution in [0.25, 0.3) is 0 Å². The van der Waals surface area contributed by atoms with E-state index in [1.807, 2.05) is 0 Å². The van der Waals surface area contributed by atoms with Crippen LogP contribution in [0.5, 0.6) is 0 Å². The predicted octanol–water partition coefficient (Wildman–Crippen LogP) is 4.74. The zero-order valence-corrected chi connectivity index (χ0v) is 12.2. The summed E-state index contributed by atoms with van der Waals surface area (Å²) in [6.07, 6.45) is 6.23. The minimum Gasteiger partial charge on any atom is -0.252 e. The third kappa shape index (κ3) is 3.45. The molecule has 2 nitrogen and oxygen atoms in total. The van der Waals surface area contributed by atoms with Gasteiger partial charge in [-0.2, -0.15) is 0 Å². The van der Waals surface area contributed by atoms with Crippen molar-refractivity contribution in [2.75, 3.05) is 0 Å². The molecule has 102 valence electrons. The molecular weight excluding hydrogens is 212 g/mol. The Morgan fingerprint density at radius 2 is 1.76 bits per heavy atom. The van der Waals surface area contributed by atoms with Gasteiger partial charge >= 0.3 is 0 Å². The van der Waals surface area contributed by atoms with E-state index >= 15 is 0 Å². The molecule has 0 aliphatic heterocycles. The largest absolute Gasteiger partial charge is 0.252 e. The van der Waals surface area contributed by atoms with Gasteiger partial charge in [-0.25, -0.2) is 4.89 Å². The van der Waals surface area contributed by atoms with Crippen molar-refractivity contribution in [2.45, 2.75) is 72.8 Å². The molecule has 1 rings (SSSR count). The minimum atomic E-state index is -0.0362. The highest BCUT2D eigenvalue weighted by molar-refractivity contribution is 4.90. The van der Waals surface area contributed by atoms with Crippen LogP contribution in [0.3, 0.4) is 0 Å². The molecule has 1 N–H and O–H groups in total. The summed E-state index contributed by atoms with van der Waals surface area (Å²) in [5.74, 6) is 1.97. The summed E-state index contributed by atoms with van der Waals surface area (Å²) in [7, 11) is 0. The lowest BCUT2D eigenvalue weighted by atomic mass is 9.64. The monoisotopic (exact) mass is 242 g/mol. The van der Waals surface area contributed by atoms with Crippen LogP contribution in [0, 0.1) is 23.2 Å². The maximum absolute atomic E-state index is 9.25. The first-order valence-corrected chi connectivity index (χ1v) is 7.23. The van der Waals surface area contributed by atoms with Crippen LogP contribution in [0.1, 0.15) is 66.7 Å². The standard InChI is InChI=1S/C15H30O2/c1-6-12(3)14(17-16)15(4,5)13-9-7-11(2)8-10-13/h11-14,16H,6-10H2,1-5H3. The maximum atomic E-state index is 9.25. The van der Waals surface area contributed by atoms with Gasteiger partial charge in [0.25, 0.3) is 0 Å². The normalized spacial score (nSPS) is 30.0. The van der Waals surface area contributed by atoms with Gasteiger partial charge in [-0.05, 0) is 36.0 Å². The Morgan fingerprint density at radius 3 is 2.18 bits per heavy atom. The average molecular weight is 242 g/mol. The Bertz CT molecular complexity index is 217. The molecule has 0 heterocycles. The first kappa shape index (κ1) is 15.0. The Morgan fingerprint density at radius 1 is 1.24 bits per heavy atom. The summed E-state index contributed by atoms with van der Waals surface area (Å²) in [5.41, 5.74) is 0.0737. The van der Waals surface area contributed by atoms with Gasteiger partial charge in [0.15, 0.2) is 0 Å². The number of hydrogen-bond donors (Lipinski definition) is 1. The van der Waals surface area contributed by atoms with E-state index in [1.165, 1.54) is 25.7 Å². The highest BCUT2D eigenvalue weighted by Gasteiger charge is 2.41. The number of rotatable bonds is 5. The van der Waals surface area contributed by atoms with Gasteiger partial charge in [-0.3, -0.25) is 5.26 Å². The van der Waals surface area contributed by atoms with E-state index in [-0.39, 0.29) is 11.5 Å². The van der Waals surface area contributed by atoms with Gasteiger partial charge < -0.3 is 0 Å². The molecule has 0 saturated heterocycles. The van der Waals surface area contributed by atoms with E-state index < -0.39 is 0 Å². The molecule has 1 fully saturated rings. The molecule has 0 amide bonds. The summed E-state index contributed by atoms with van der Waals surface area (Å²) in [6.45, 7) is 11.2. The Hall–Kier alpha value is -0.0800. The van der Waals surface area contributed by atoms with Crippen LogP contribution in [-0.4, -0.2) is 11.4 Å². The van der Waals surface area contributed by atoms with Gasteiger partial charge in [0.2, 0.25) is 0 Å². The fourth-order valence-electron chi connectivity index (χ4n) is 3.42. The van der Waals surface area contributed by atoms with E-state index in [1.54, 1.807) is 0 Å². The van der Waals surface area contributed by atoms with Gasteiger partial charge in [-0.15, -0.1) is 0 Å². The van der Waals surface area contributed by atoms with Crippen molar-refractivity contribution in [1.82, 2.24) is 0 Å². The smallest absolute Gasteiger partial charge is 0.101 e. The molecule has 0 aromatic rings. The quantitative estimate of drug-likeness (QED) is 0.557. The van der Waals surface area contributed by atoms with Crippen molar-refractivity contribution in [3.63, 3.8) is 0 Å². The summed E-state index contributed by atoms with van der Waals surface area (Å²) in [6, 6.07) is 0. The van der Waals surface area contributed by atoms with Crippen LogP contribution >= 0.6 is 0 Å². The minimum absolute atomic E-state index is 0.0362. The van der Waals surface area contributed by atoms with E-state index in [0.717, 1.165) is 12.3 Å². The molecule has 0 aromatic heterocycles. The second-order valence-electron chi connectivity index (χ2n) is 6.69. The molecule has 2 unspecified atom stereocenters. The van der Waals surface area contributed by atoms with Crippen molar-refractivity contribution in [1.29, 1.82) is 0 Å². The van der Waals surface area contributed by atoms with Crippen LogP contribution < -0.4 is 0 Å². The van der Waals surface area contributed by atoms with Gasteiger partial charge in [0, 0.05) is 0 Å². The SMILES string of the molecule is CCC(C)C(OO)C(C)(C)C1CCC(C)CC1. The zero-order valence-electron chi connectivity index (χ0n) is 12.2.